The summed E-state index contributed by atoms with van der Waals surface area (Å²) in [6, 6.07) is 15.0. The first kappa shape index (κ1) is 14.7. The normalized spacial score (nSPS) is 11.4. The largest absolute Gasteiger partial charge is 0.309 e. The van der Waals surface area contributed by atoms with Gasteiger partial charge in [0, 0.05) is 6.20 Å². The van der Waals surface area contributed by atoms with E-state index in [2.05, 4.69) is 78.0 Å². The van der Waals surface area contributed by atoms with Gasteiger partial charge in [-0.15, -0.1) is 5.10 Å². The lowest BCUT2D eigenvalue weighted by Gasteiger charge is -2.07. The lowest BCUT2D eigenvalue weighted by molar-refractivity contribution is 0.399. The number of rotatable bonds is 6. The Morgan fingerprint density at radius 2 is 1.86 bits per heavy atom. The third-order valence-corrected chi connectivity index (χ3v) is 3.78. The quantitative estimate of drug-likeness (QED) is 0.701. The third kappa shape index (κ3) is 3.71. The predicted octanol–water partition coefficient (Wildman–Crippen LogP) is 2.97. The van der Waals surface area contributed by atoms with Crippen molar-refractivity contribution in [1.82, 2.24) is 19.9 Å². The molecule has 0 radical (unpaired) electrons. The van der Waals surface area contributed by atoms with E-state index in [1.54, 1.807) is 0 Å². The van der Waals surface area contributed by atoms with Crippen molar-refractivity contribution in [2.24, 2.45) is 0 Å². The predicted molar refractivity (Wildman–Crippen MR) is 89.9 cm³/mol. The zero-order valence-electron chi connectivity index (χ0n) is 13.2. The molecule has 0 aliphatic heterocycles. The summed E-state index contributed by atoms with van der Waals surface area (Å²) >= 11 is 0. The monoisotopic (exact) mass is 294 g/mol. The van der Waals surface area contributed by atoms with E-state index < -0.39 is 0 Å². The third-order valence-electron chi connectivity index (χ3n) is 3.78. The molecule has 22 heavy (non-hydrogen) atoms. The molecule has 0 atom stereocenters. The fourth-order valence-electron chi connectivity index (χ4n) is 2.63. The van der Waals surface area contributed by atoms with Crippen molar-refractivity contribution in [3.8, 4) is 0 Å². The smallest absolute Gasteiger partial charge is 0.0827 e. The zero-order chi connectivity index (χ0) is 15.4. The molecule has 1 heterocycles. The Kier molecular flexibility index (Phi) is 4.49. The topological polar surface area (TPSA) is 34.0 Å². The summed E-state index contributed by atoms with van der Waals surface area (Å²) in [6.07, 6.45) is 4.16. The van der Waals surface area contributed by atoms with Crippen LogP contribution in [0.1, 0.15) is 17.7 Å². The maximum absolute atomic E-state index is 4.27. The first-order chi connectivity index (χ1) is 10.7. The van der Waals surface area contributed by atoms with E-state index in [0.29, 0.717) is 0 Å². The van der Waals surface area contributed by atoms with Gasteiger partial charge < -0.3 is 4.90 Å². The molecule has 0 aliphatic carbocycles. The summed E-state index contributed by atoms with van der Waals surface area (Å²) < 4.78 is 1.93. The van der Waals surface area contributed by atoms with E-state index in [-0.39, 0.29) is 0 Å². The molecule has 3 rings (SSSR count). The van der Waals surface area contributed by atoms with Crippen LogP contribution in [0.2, 0.25) is 0 Å². The molecule has 0 unspecified atom stereocenters. The Morgan fingerprint density at radius 3 is 2.68 bits per heavy atom. The summed E-state index contributed by atoms with van der Waals surface area (Å²) in [5, 5.41) is 11.1. The minimum atomic E-state index is 0.769. The first-order valence-electron chi connectivity index (χ1n) is 7.72. The van der Waals surface area contributed by atoms with Gasteiger partial charge in [0.2, 0.25) is 0 Å². The van der Waals surface area contributed by atoms with Gasteiger partial charge in [-0.05, 0) is 55.9 Å². The van der Waals surface area contributed by atoms with Crippen molar-refractivity contribution in [1.29, 1.82) is 0 Å². The van der Waals surface area contributed by atoms with Crippen LogP contribution >= 0.6 is 0 Å². The summed E-state index contributed by atoms with van der Waals surface area (Å²) in [5.74, 6) is 0. The SMILES string of the molecule is CN(C)CCCc1cn(Cc2ccc3ccccc3c2)nn1. The highest BCUT2D eigenvalue weighted by Gasteiger charge is 2.03. The van der Waals surface area contributed by atoms with Crippen LogP contribution in [0.25, 0.3) is 10.8 Å². The van der Waals surface area contributed by atoms with Crippen LogP contribution in [0, 0.1) is 0 Å². The molecule has 1 aromatic heterocycles. The molecule has 0 saturated heterocycles. The fraction of sp³-hybridized carbons (Fsp3) is 0.333. The van der Waals surface area contributed by atoms with Crippen LogP contribution in [-0.2, 0) is 13.0 Å². The Bertz CT molecular complexity index is 745. The first-order valence-corrected chi connectivity index (χ1v) is 7.72. The second-order valence-corrected chi connectivity index (χ2v) is 6.00. The van der Waals surface area contributed by atoms with Crippen LogP contribution < -0.4 is 0 Å². The number of aryl methyl sites for hydroxylation is 1. The molecule has 4 heteroatoms. The second kappa shape index (κ2) is 6.71. The number of nitrogens with zero attached hydrogens (tertiary/aromatic N) is 4. The Labute approximate surface area is 131 Å². The fourth-order valence-corrected chi connectivity index (χ4v) is 2.63. The van der Waals surface area contributed by atoms with Gasteiger partial charge in [0.1, 0.15) is 0 Å². The van der Waals surface area contributed by atoms with Gasteiger partial charge in [-0.1, -0.05) is 41.6 Å². The average Bonchev–Trinajstić information content (AvgIpc) is 2.94. The van der Waals surface area contributed by atoms with Gasteiger partial charge in [-0.2, -0.15) is 0 Å². The van der Waals surface area contributed by atoms with Crippen molar-refractivity contribution in [3.63, 3.8) is 0 Å². The summed E-state index contributed by atoms with van der Waals surface area (Å²) in [6.45, 7) is 1.85. The maximum Gasteiger partial charge on any atom is 0.0827 e. The van der Waals surface area contributed by atoms with Crippen molar-refractivity contribution in [2.45, 2.75) is 19.4 Å². The van der Waals surface area contributed by atoms with E-state index in [0.717, 1.165) is 31.6 Å². The van der Waals surface area contributed by atoms with Gasteiger partial charge in [0.05, 0.1) is 12.2 Å². The zero-order valence-corrected chi connectivity index (χ0v) is 13.2. The van der Waals surface area contributed by atoms with E-state index in [9.17, 15) is 0 Å². The van der Waals surface area contributed by atoms with E-state index >= 15 is 0 Å². The molecule has 4 nitrogen and oxygen atoms in total. The van der Waals surface area contributed by atoms with Crippen molar-refractivity contribution in [2.75, 3.05) is 20.6 Å². The number of benzene rings is 2. The maximum atomic E-state index is 4.27. The second-order valence-electron chi connectivity index (χ2n) is 6.00. The molecule has 0 N–H and O–H groups in total. The lowest BCUT2D eigenvalue weighted by atomic mass is 10.1. The van der Waals surface area contributed by atoms with Crippen LogP contribution in [0.5, 0.6) is 0 Å². The van der Waals surface area contributed by atoms with Crippen molar-refractivity contribution >= 4 is 10.8 Å². The highest BCUT2D eigenvalue weighted by atomic mass is 15.4. The molecule has 114 valence electrons. The number of hydrogen-bond donors (Lipinski definition) is 0. The average molecular weight is 294 g/mol. The molecule has 0 fully saturated rings. The number of aromatic nitrogens is 3. The van der Waals surface area contributed by atoms with E-state index in [1.807, 2.05) is 4.68 Å². The Balaban J connectivity index is 1.65. The standard InChI is InChI=1S/C18H22N4/c1-21(2)11-5-8-18-14-22(20-19-18)13-15-9-10-16-6-3-4-7-17(16)12-15/h3-4,6-7,9-10,12,14H,5,8,11,13H2,1-2H3. The molecule has 3 aromatic rings. The van der Waals surface area contributed by atoms with Crippen LogP contribution in [0.15, 0.2) is 48.7 Å². The molecular formula is C18H22N4. The molecule has 0 saturated carbocycles. The highest BCUT2D eigenvalue weighted by Crippen LogP contribution is 2.16. The molecule has 0 bridgehead atoms. The minimum Gasteiger partial charge on any atom is -0.309 e. The van der Waals surface area contributed by atoms with Crippen LogP contribution in [-0.4, -0.2) is 40.5 Å². The Morgan fingerprint density at radius 1 is 1.05 bits per heavy atom. The number of fused-ring (bicyclic) bond motifs is 1. The summed E-state index contributed by atoms with van der Waals surface area (Å²) in [4.78, 5) is 2.19. The van der Waals surface area contributed by atoms with Gasteiger partial charge in [0.15, 0.2) is 0 Å². The van der Waals surface area contributed by atoms with Crippen molar-refractivity contribution < 1.29 is 0 Å². The van der Waals surface area contributed by atoms with Gasteiger partial charge in [0.25, 0.3) is 0 Å². The lowest BCUT2D eigenvalue weighted by Crippen LogP contribution is -2.13. The van der Waals surface area contributed by atoms with Crippen LogP contribution in [0.4, 0.5) is 0 Å². The van der Waals surface area contributed by atoms with E-state index in [1.165, 1.54) is 16.3 Å². The highest BCUT2D eigenvalue weighted by molar-refractivity contribution is 5.82. The molecule has 2 aromatic carbocycles. The summed E-state index contributed by atoms with van der Waals surface area (Å²) in [5.41, 5.74) is 2.33. The molecule has 0 amide bonds. The summed E-state index contributed by atoms with van der Waals surface area (Å²) in [7, 11) is 4.19. The van der Waals surface area contributed by atoms with Crippen molar-refractivity contribution in [3.05, 3.63) is 59.9 Å². The van der Waals surface area contributed by atoms with Gasteiger partial charge in [-0.25, -0.2) is 4.68 Å². The van der Waals surface area contributed by atoms with E-state index in [4.69, 9.17) is 0 Å². The molecule has 0 spiro atoms. The molecular weight excluding hydrogens is 272 g/mol. The van der Waals surface area contributed by atoms with Gasteiger partial charge in [-0.3, -0.25) is 0 Å². The number of hydrogen-bond acceptors (Lipinski definition) is 3. The molecule has 0 aliphatic rings. The van der Waals surface area contributed by atoms with Crippen LogP contribution in [0.3, 0.4) is 0 Å². The minimum absolute atomic E-state index is 0.769. The van der Waals surface area contributed by atoms with Gasteiger partial charge >= 0.3 is 0 Å². The Hall–Kier alpha value is -2.20.